The first kappa shape index (κ1) is 11.7. The number of esters is 1. The van der Waals surface area contributed by atoms with Crippen LogP contribution in [0.25, 0.3) is 0 Å². The van der Waals surface area contributed by atoms with E-state index in [4.69, 9.17) is 9.15 Å². The summed E-state index contributed by atoms with van der Waals surface area (Å²) in [7, 11) is 0. The molecular formula is C12H15NO4. The number of ether oxygens (including phenoxy) is 1. The van der Waals surface area contributed by atoms with Crippen LogP contribution in [0, 0.1) is 0 Å². The lowest BCUT2D eigenvalue weighted by Gasteiger charge is -2.26. The molecule has 0 aromatic carbocycles. The number of hydrogen-bond acceptors (Lipinski definition) is 4. The summed E-state index contributed by atoms with van der Waals surface area (Å²) in [6.45, 7) is 3.85. The van der Waals surface area contributed by atoms with Crippen LogP contribution in [0.3, 0.4) is 0 Å². The Morgan fingerprint density at radius 1 is 1.71 bits per heavy atom. The van der Waals surface area contributed by atoms with Gasteiger partial charge in [-0.05, 0) is 26.0 Å². The molecule has 5 nitrogen and oxygen atoms in total. The van der Waals surface area contributed by atoms with Gasteiger partial charge in [-0.25, -0.2) is 4.79 Å². The zero-order chi connectivity index (χ0) is 12.5. The monoisotopic (exact) mass is 237 g/mol. The second kappa shape index (κ2) is 4.24. The molecule has 1 aromatic rings. The number of nitrogens with one attached hydrogen (secondary N) is 1. The molecule has 1 saturated heterocycles. The molecule has 5 heteroatoms. The van der Waals surface area contributed by atoms with Gasteiger partial charge in [-0.15, -0.1) is 0 Å². The van der Waals surface area contributed by atoms with Gasteiger partial charge in [0.1, 0.15) is 11.8 Å². The molecule has 92 valence electrons. The van der Waals surface area contributed by atoms with Crippen molar-refractivity contribution in [1.29, 1.82) is 0 Å². The highest BCUT2D eigenvalue weighted by Gasteiger charge is 2.51. The molecule has 2 unspecified atom stereocenters. The first-order chi connectivity index (χ1) is 8.08. The quantitative estimate of drug-likeness (QED) is 0.796. The van der Waals surface area contributed by atoms with Gasteiger partial charge in [0.15, 0.2) is 0 Å². The number of rotatable bonds is 3. The van der Waals surface area contributed by atoms with Gasteiger partial charge in [0.25, 0.3) is 0 Å². The van der Waals surface area contributed by atoms with E-state index in [1.54, 1.807) is 19.1 Å². The topological polar surface area (TPSA) is 68.5 Å². The molecule has 0 aliphatic carbocycles. The first-order valence-electron chi connectivity index (χ1n) is 5.58. The van der Waals surface area contributed by atoms with Crippen molar-refractivity contribution in [2.24, 2.45) is 0 Å². The molecule has 17 heavy (non-hydrogen) atoms. The molecule has 1 aromatic heterocycles. The van der Waals surface area contributed by atoms with Crippen LogP contribution in [-0.4, -0.2) is 24.5 Å². The average Bonchev–Trinajstić information content (AvgIpc) is 2.87. The average molecular weight is 237 g/mol. The largest absolute Gasteiger partial charge is 0.469 e. The highest BCUT2D eigenvalue weighted by Crippen LogP contribution is 2.36. The fraction of sp³-hybridized carbons (Fsp3) is 0.500. The summed E-state index contributed by atoms with van der Waals surface area (Å²) in [6, 6.07) is 2.83. The highest BCUT2D eigenvalue weighted by molar-refractivity contribution is 5.91. The second-order valence-corrected chi connectivity index (χ2v) is 4.32. The van der Waals surface area contributed by atoms with Crippen molar-refractivity contribution >= 4 is 11.9 Å². The van der Waals surface area contributed by atoms with Crippen molar-refractivity contribution in [2.45, 2.75) is 31.7 Å². The van der Waals surface area contributed by atoms with Gasteiger partial charge in [-0.2, -0.15) is 0 Å². The molecule has 1 N–H and O–H groups in total. The van der Waals surface area contributed by atoms with Gasteiger partial charge in [0.05, 0.1) is 18.3 Å². The Balaban J connectivity index is 2.31. The van der Waals surface area contributed by atoms with Crippen LogP contribution in [0.15, 0.2) is 22.8 Å². The third kappa shape index (κ3) is 1.92. The molecule has 0 radical (unpaired) electrons. The fourth-order valence-corrected chi connectivity index (χ4v) is 2.18. The number of carbonyl (C=O) groups is 2. The first-order valence-corrected chi connectivity index (χ1v) is 5.58. The minimum atomic E-state index is -0.680. The standard InChI is InChI=1S/C12H15NO4/c1-3-16-11(15)10-12(2,7-9(14)13-10)8-5-4-6-17-8/h4-6,10H,3,7H2,1-2H3,(H,13,14). The van der Waals surface area contributed by atoms with Gasteiger partial charge in [0.2, 0.25) is 5.91 Å². The number of amides is 1. The van der Waals surface area contributed by atoms with Crippen LogP contribution in [0.4, 0.5) is 0 Å². The van der Waals surface area contributed by atoms with Crippen molar-refractivity contribution in [1.82, 2.24) is 5.32 Å². The summed E-state index contributed by atoms with van der Waals surface area (Å²) >= 11 is 0. The maximum atomic E-state index is 11.8. The van der Waals surface area contributed by atoms with E-state index in [0.717, 1.165) is 0 Å². The van der Waals surface area contributed by atoms with E-state index in [-0.39, 0.29) is 12.3 Å². The molecule has 1 aliphatic heterocycles. The Labute approximate surface area is 99.1 Å². The molecule has 1 fully saturated rings. The molecule has 2 heterocycles. The minimum absolute atomic E-state index is 0.165. The molecule has 2 atom stereocenters. The Kier molecular flexibility index (Phi) is 2.92. The lowest BCUT2D eigenvalue weighted by atomic mass is 9.80. The normalized spacial score (nSPS) is 27.9. The molecule has 0 bridgehead atoms. The van der Waals surface area contributed by atoms with Crippen LogP contribution in [0.2, 0.25) is 0 Å². The Hall–Kier alpha value is -1.78. The fourth-order valence-electron chi connectivity index (χ4n) is 2.18. The Bertz CT molecular complexity index is 426. The molecule has 0 spiro atoms. The molecule has 1 aliphatic rings. The van der Waals surface area contributed by atoms with Crippen molar-refractivity contribution in [2.75, 3.05) is 6.61 Å². The van der Waals surface area contributed by atoms with Crippen LogP contribution in [0.5, 0.6) is 0 Å². The zero-order valence-corrected chi connectivity index (χ0v) is 9.86. The maximum Gasteiger partial charge on any atom is 0.329 e. The summed E-state index contributed by atoms with van der Waals surface area (Å²) in [6.07, 6.45) is 1.76. The number of carbonyl (C=O) groups excluding carboxylic acids is 2. The summed E-state index contributed by atoms with van der Waals surface area (Å²) in [5.41, 5.74) is -0.674. The Morgan fingerprint density at radius 2 is 2.47 bits per heavy atom. The van der Waals surface area contributed by atoms with Gasteiger partial charge in [-0.1, -0.05) is 0 Å². The van der Waals surface area contributed by atoms with E-state index in [1.165, 1.54) is 6.26 Å². The third-order valence-electron chi connectivity index (χ3n) is 3.08. The van der Waals surface area contributed by atoms with E-state index in [2.05, 4.69) is 5.32 Å². The molecule has 2 rings (SSSR count). The number of hydrogen-bond donors (Lipinski definition) is 1. The molecule has 1 amide bonds. The summed E-state index contributed by atoms with van der Waals surface area (Å²) < 4.78 is 10.3. The second-order valence-electron chi connectivity index (χ2n) is 4.32. The van der Waals surface area contributed by atoms with Crippen molar-refractivity contribution in [3.8, 4) is 0 Å². The SMILES string of the molecule is CCOC(=O)C1NC(=O)CC1(C)c1ccco1. The third-order valence-corrected chi connectivity index (χ3v) is 3.08. The summed E-state index contributed by atoms with van der Waals surface area (Å²) in [5.74, 6) is 0.0353. The van der Waals surface area contributed by atoms with E-state index in [0.29, 0.717) is 12.4 Å². The van der Waals surface area contributed by atoms with Crippen LogP contribution in [-0.2, 0) is 19.7 Å². The van der Waals surface area contributed by atoms with E-state index < -0.39 is 17.4 Å². The summed E-state index contributed by atoms with van der Waals surface area (Å²) in [4.78, 5) is 23.3. The smallest absolute Gasteiger partial charge is 0.329 e. The highest BCUT2D eigenvalue weighted by atomic mass is 16.5. The zero-order valence-electron chi connectivity index (χ0n) is 9.86. The minimum Gasteiger partial charge on any atom is -0.469 e. The van der Waals surface area contributed by atoms with Gasteiger partial charge in [0, 0.05) is 6.42 Å². The van der Waals surface area contributed by atoms with Gasteiger partial charge < -0.3 is 14.5 Å². The Morgan fingerprint density at radius 3 is 3.06 bits per heavy atom. The van der Waals surface area contributed by atoms with E-state index in [1.807, 2.05) is 6.92 Å². The van der Waals surface area contributed by atoms with Gasteiger partial charge in [-0.3, -0.25) is 4.79 Å². The predicted molar refractivity (Wildman–Crippen MR) is 59.2 cm³/mol. The maximum absolute atomic E-state index is 11.8. The molecular weight excluding hydrogens is 222 g/mol. The predicted octanol–water partition coefficient (Wildman–Crippen LogP) is 0.989. The van der Waals surface area contributed by atoms with Crippen LogP contribution < -0.4 is 5.32 Å². The summed E-state index contributed by atoms with van der Waals surface area (Å²) in [5, 5.41) is 2.64. The lowest BCUT2D eigenvalue weighted by Crippen LogP contribution is -2.45. The van der Waals surface area contributed by atoms with Crippen molar-refractivity contribution < 1.29 is 18.7 Å². The van der Waals surface area contributed by atoms with Crippen LogP contribution in [0.1, 0.15) is 26.0 Å². The van der Waals surface area contributed by atoms with Gasteiger partial charge >= 0.3 is 5.97 Å². The van der Waals surface area contributed by atoms with E-state index >= 15 is 0 Å². The van der Waals surface area contributed by atoms with Crippen molar-refractivity contribution in [3.05, 3.63) is 24.2 Å². The van der Waals surface area contributed by atoms with Crippen LogP contribution >= 0.6 is 0 Å². The lowest BCUT2D eigenvalue weighted by molar-refractivity contribution is -0.147. The van der Waals surface area contributed by atoms with E-state index in [9.17, 15) is 9.59 Å². The molecule has 0 saturated carbocycles. The van der Waals surface area contributed by atoms with Crippen molar-refractivity contribution in [3.63, 3.8) is 0 Å². The number of furan rings is 1.